The van der Waals surface area contributed by atoms with Crippen molar-refractivity contribution in [3.05, 3.63) is 42.5 Å². The van der Waals surface area contributed by atoms with Crippen molar-refractivity contribution in [3.63, 3.8) is 0 Å². The second-order valence-electron chi connectivity index (χ2n) is 3.47. The van der Waals surface area contributed by atoms with Crippen molar-refractivity contribution < 1.29 is 0 Å². The Kier molecular flexibility index (Phi) is 2.01. The number of rotatable bonds is 1. The molecule has 66 valence electrons. The predicted octanol–water partition coefficient (Wildman–Crippen LogP) is 3.14. The SMILES string of the molecule is C=CC1=Nc2ccccc2CC1C. The standard InChI is InChI=1S/C12H13N/c1-3-11-9(2)8-10-6-4-5-7-12(10)13-11/h3-7,9H,1,8H2,2H3. The molecule has 1 aromatic carbocycles. The summed E-state index contributed by atoms with van der Waals surface area (Å²) in [6.07, 6.45) is 2.95. The lowest BCUT2D eigenvalue weighted by Gasteiger charge is -2.19. The summed E-state index contributed by atoms with van der Waals surface area (Å²) in [6, 6.07) is 8.30. The van der Waals surface area contributed by atoms with E-state index in [1.807, 2.05) is 12.1 Å². The third-order valence-electron chi connectivity index (χ3n) is 2.48. The highest BCUT2D eigenvalue weighted by molar-refractivity contribution is 5.99. The van der Waals surface area contributed by atoms with Gasteiger partial charge in [-0.3, -0.25) is 4.99 Å². The first kappa shape index (κ1) is 8.24. The average Bonchev–Trinajstić information content (AvgIpc) is 2.17. The molecule has 0 bridgehead atoms. The van der Waals surface area contributed by atoms with Crippen molar-refractivity contribution in [2.24, 2.45) is 10.9 Å². The van der Waals surface area contributed by atoms with Gasteiger partial charge in [0.15, 0.2) is 0 Å². The predicted molar refractivity (Wildman–Crippen MR) is 56.6 cm³/mol. The van der Waals surface area contributed by atoms with E-state index in [1.165, 1.54) is 5.56 Å². The normalized spacial score (nSPS) is 20.4. The van der Waals surface area contributed by atoms with Crippen LogP contribution in [0.2, 0.25) is 0 Å². The van der Waals surface area contributed by atoms with Crippen molar-refractivity contribution in [2.75, 3.05) is 0 Å². The molecular formula is C12H13N. The highest BCUT2D eigenvalue weighted by Gasteiger charge is 2.16. The van der Waals surface area contributed by atoms with Crippen molar-refractivity contribution >= 4 is 11.4 Å². The van der Waals surface area contributed by atoms with E-state index in [0.717, 1.165) is 17.8 Å². The van der Waals surface area contributed by atoms with E-state index in [1.54, 1.807) is 0 Å². The lowest BCUT2D eigenvalue weighted by atomic mass is 9.92. The van der Waals surface area contributed by atoms with Crippen LogP contribution in [0.15, 0.2) is 41.9 Å². The van der Waals surface area contributed by atoms with E-state index in [4.69, 9.17) is 0 Å². The molecule has 0 fully saturated rings. The topological polar surface area (TPSA) is 12.4 Å². The number of hydrogen-bond acceptors (Lipinski definition) is 1. The quantitative estimate of drug-likeness (QED) is 0.615. The zero-order valence-corrected chi connectivity index (χ0v) is 7.83. The van der Waals surface area contributed by atoms with Gasteiger partial charge < -0.3 is 0 Å². The first-order valence-electron chi connectivity index (χ1n) is 4.60. The summed E-state index contributed by atoms with van der Waals surface area (Å²) < 4.78 is 0. The number of hydrogen-bond donors (Lipinski definition) is 0. The fourth-order valence-corrected chi connectivity index (χ4v) is 1.72. The van der Waals surface area contributed by atoms with Crippen LogP contribution in [0.5, 0.6) is 0 Å². The number of allylic oxidation sites excluding steroid dienone is 1. The summed E-state index contributed by atoms with van der Waals surface area (Å²) in [6.45, 7) is 5.97. The summed E-state index contributed by atoms with van der Waals surface area (Å²) in [5.41, 5.74) is 3.56. The lowest BCUT2D eigenvalue weighted by molar-refractivity contribution is 0.757. The monoisotopic (exact) mass is 171 g/mol. The zero-order valence-electron chi connectivity index (χ0n) is 7.83. The fraction of sp³-hybridized carbons (Fsp3) is 0.250. The molecule has 0 aromatic heterocycles. The van der Waals surface area contributed by atoms with Gasteiger partial charge >= 0.3 is 0 Å². The fourth-order valence-electron chi connectivity index (χ4n) is 1.72. The van der Waals surface area contributed by atoms with E-state index in [9.17, 15) is 0 Å². The molecule has 0 amide bonds. The van der Waals surface area contributed by atoms with Gasteiger partial charge in [0.25, 0.3) is 0 Å². The van der Waals surface area contributed by atoms with E-state index >= 15 is 0 Å². The first-order valence-corrected chi connectivity index (χ1v) is 4.60. The van der Waals surface area contributed by atoms with Crippen LogP contribution in [0.25, 0.3) is 0 Å². The van der Waals surface area contributed by atoms with Gasteiger partial charge in [-0.25, -0.2) is 0 Å². The Morgan fingerprint density at radius 3 is 3.00 bits per heavy atom. The highest BCUT2D eigenvalue weighted by Crippen LogP contribution is 2.28. The molecule has 1 aliphatic rings. The van der Waals surface area contributed by atoms with Gasteiger partial charge in [0.05, 0.1) is 5.69 Å². The maximum absolute atomic E-state index is 4.54. The van der Waals surface area contributed by atoms with Crippen molar-refractivity contribution in [1.29, 1.82) is 0 Å². The van der Waals surface area contributed by atoms with Crippen LogP contribution in [-0.2, 0) is 6.42 Å². The summed E-state index contributed by atoms with van der Waals surface area (Å²) in [4.78, 5) is 4.54. The van der Waals surface area contributed by atoms with Gasteiger partial charge in [-0.1, -0.05) is 31.7 Å². The van der Waals surface area contributed by atoms with Crippen molar-refractivity contribution in [1.82, 2.24) is 0 Å². The van der Waals surface area contributed by atoms with Crippen LogP contribution < -0.4 is 0 Å². The van der Waals surface area contributed by atoms with Crippen LogP contribution in [0, 0.1) is 5.92 Å². The summed E-state index contributed by atoms with van der Waals surface area (Å²) in [5.74, 6) is 0.507. The lowest BCUT2D eigenvalue weighted by Crippen LogP contribution is -2.14. The zero-order chi connectivity index (χ0) is 9.26. The Morgan fingerprint density at radius 1 is 1.46 bits per heavy atom. The molecule has 0 saturated heterocycles. The number of nitrogens with zero attached hydrogens (tertiary/aromatic N) is 1. The molecule has 0 aliphatic carbocycles. The second-order valence-corrected chi connectivity index (χ2v) is 3.47. The molecule has 1 nitrogen and oxygen atoms in total. The summed E-state index contributed by atoms with van der Waals surface area (Å²) in [5, 5.41) is 0. The Hall–Kier alpha value is -1.37. The molecule has 0 saturated carbocycles. The average molecular weight is 171 g/mol. The Morgan fingerprint density at radius 2 is 2.23 bits per heavy atom. The van der Waals surface area contributed by atoms with E-state index in [2.05, 4.69) is 36.7 Å². The molecule has 1 aromatic rings. The molecule has 1 aliphatic heterocycles. The van der Waals surface area contributed by atoms with Crippen LogP contribution in [0.1, 0.15) is 12.5 Å². The molecule has 1 heterocycles. The molecule has 1 unspecified atom stereocenters. The molecule has 13 heavy (non-hydrogen) atoms. The smallest absolute Gasteiger partial charge is 0.0665 e. The molecule has 0 spiro atoms. The summed E-state index contributed by atoms with van der Waals surface area (Å²) >= 11 is 0. The van der Waals surface area contributed by atoms with Gasteiger partial charge in [-0.15, -0.1) is 0 Å². The first-order chi connectivity index (χ1) is 6.31. The van der Waals surface area contributed by atoms with Crippen molar-refractivity contribution in [3.8, 4) is 0 Å². The van der Waals surface area contributed by atoms with E-state index in [0.29, 0.717) is 5.92 Å². The summed E-state index contributed by atoms with van der Waals surface area (Å²) in [7, 11) is 0. The van der Waals surface area contributed by atoms with Gasteiger partial charge in [0.1, 0.15) is 0 Å². The molecule has 0 radical (unpaired) electrons. The maximum Gasteiger partial charge on any atom is 0.0665 e. The Bertz CT molecular complexity index is 363. The van der Waals surface area contributed by atoms with Gasteiger partial charge in [0, 0.05) is 11.6 Å². The third-order valence-corrected chi connectivity index (χ3v) is 2.48. The minimum Gasteiger partial charge on any atom is -0.253 e. The van der Waals surface area contributed by atoms with Gasteiger partial charge in [0.2, 0.25) is 0 Å². The Labute approximate surface area is 78.8 Å². The van der Waals surface area contributed by atoms with E-state index in [-0.39, 0.29) is 0 Å². The number of para-hydroxylation sites is 1. The molecule has 1 atom stereocenters. The van der Waals surface area contributed by atoms with Crippen LogP contribution in [0.4, 0.5) is 5.69 Å². The van der Waals surface area contributed by atoms with Crippen LogP contribution in [-0.4, -0.2) is 5.71 Å². The van der Waals surface area contributed by atoms with Crippen LogP contribution >= 0.6 is 0 Å². The molecular weight excluding hydrogens is 158 g/mol. The number of aliphatic imine (C=N–C) groups is 1. The Balaban J connectivity index is 2.49. The minimum absolute atomic E-state index is 0.507. The van der Waals surface area contributed by atoms with Gasteiger partial charge in [-0.05, 0) is 24.1 Å². The van der Waals surface area contributed by atoms with E-state index < -0.39 is 0 Å². The number of benzene rings is 1. The maximum atomic E-state index is 4.54. The van der Waals surface area contributed by atoms with Crippen molar-refractivity contribution in [2.45, 2.75) is 13.3 Å². The highest BCUT2D eigenvalue weighted by atomic mass is 14.8. The third kappa shape index (κ3) is 1.42. The van der Waals surface area contributed by atoms with Crippen LogP contribution in [0.3, 0.4) is 0 Å². The molecule has 1 heteroatoms. The molecule has 0 N–H and O–H groups in total. The largest absolute Gasteiger partial charge is 0.253 e. The minimum atomic E-state index is 0.507. The number of fused-ring (bicyclic) bond motifs is 1. The molecule has 2 rings (SSSR count). The van der Waals surface area contributed by atoms with Gasteiger partial charge in [-0.2, -0.15) is 0 Å². The second kappa shape index (κ2) is 3.17.